The van der Waals surface area contributed by atoms with Crippen molar-refractivity contribution < 1.29 is 29.1 Å². The van der Waals surface area contributed by atoms with Crippen LogP contribution in [-0.4, -0.2) is 20.1 Å². The molecule has 0 heterocycles. The smallest absolute Gasteiger partial charge is 0.545 e. The van der Waals surface area contributed by atoms with Gasteiger partial charge in [0.25, 0.3) is 6.54 Å². The van der Waals surface area contributed by atoms with E-state index in [1.165, 1.54) is 5.92 Å². The minimum atomic E-state index is -0.0139. The van der Waals surface area contributed by atoms with Crippen LogP contribution in [0.25, 0.3) is 4.85 Å². The third-order valence-corrected chi connectivity index (χ3v) is 0.150. The molecule has 0 aromatic carbocycles. The summed E-state index contributed by atoms with van der Waals surface area (Å²) in [5, 5.41) is 7.60. The molecule has 4 nitrogen and oxygen atoms in total. The molecule has 0 saturated carbocycles. The molecule has 0 unspecified atom stereocenters. The number of carbonyl (C=O) groups excluding carboxylic acids is 2. The monoisotopic (exact) mass is 283 g/mol. The molecule has 0 saturated heterocycles. The van der Waals surface area contributed by atoms with Crippen LogP contribution in [0.3, 0.4) is 0 Å². The summed E-state index contributed by atoms with van der Waals surface area (Å²) in [6.45, 7) is 18.7. The topological polar surface area (TPSA) is 62.3 Å². The third-order valence-electron chi connectivity index (χ3n) is 0.150. The van der Waals surface area contributed by atoms with Crippen LogP contribution in [0.1, 0.15) is 20.8 Å². The first kappa shape index (κ1) is 29.3. The van der Waals surface area contributed by atoms with Gasteiger partial charge in [0.05, 0.1) is 0 Å². The first-order chi connectivity index (χ1) is 6.15. The maximum absolute atomic E-state index is 7.75. The molecule has 0 aliphatic carbocycles. The molecule has 0 aliphatic heterocycles. The first-order valence-electron chi connectivity index (χ1n) is 3.09. The Morgan fingerprint density at radius 2 is 1.50 bits per heavy atom. The van der Waals surface area contributed by atoms with Crippen LogP contribution < -0.4 is 0 Å². The van der Waals surface area contributed by atoms with Crippen molar-refractivity contribution in [1.82, 2.24) is 0 Å². The van der Waals surface area contributed by atoms with E-state index in [0.29, 0.717) is 0 Å². The normalized spacial score (nSPS) is 4.71. The van der Waals surface area contributed by atoms with Gasteiger partial charge in [-0.05, 0) is 0 Å². The van der Waals surface area contributed by atoms with E-state index in [1.54, 1.807) is 6.07 Å². The summed E-state index contributed by atoms with van der Waals surface area (Å²) in [5.41, 5.74) is 0. The second kappa shape index (κ2) is 58.5. The summed E-state index contributed by atoms with van der Waals surface area (Å²) in [7, 11) is 0. The van der Waals surface area contributed by atoms with E-state index in [9.17, 15) is 0 Å². The van der Waals surface area contributed by atoms with Gasteiger partial charge in [0.2, 0.25) is 0 Å². The Labute approximate surface area is 98.9 Å². The fourth-order valence-electron chi connectivity index (χ4n) is 0.0354. The molecule has 0 aromatic rings. The number of hydrogen-bond donors (Lipinski definition) is 0. The number of nitriles is 1. The van der Waals surface area contributed by atoms with E-state index in [0.717, 1.165) is 0 Å². The number of nitrogens with zero attached hydrogens (tertiary/aromatic N) is 2. The molecule has 0 atom stereocenters. The minimum Gasteiger partial charge on any atom is -0.545 e. The molecule has 0 aliphatic rings. The maximum Gasteiger partial charge on any atom is 4.00 e. The Balaban J connectivity index is -0.0000000273. The Kier molecular flexibility index (Phi) is 122. The summed E-state index contributed by atoms with van der Waals surface area (Å²) in [6, 6.07) is 1.66. The summed E-state index contributed by atoms with van der Waals surface area (Å²) < 4.78 is 0. The Morgan fingerprint density at radius 1 is 1.29 bits per heavy atom. The van der Waals surface area contributed by atoms with Gasteiger partial charge in [0.15, 0.2) is 0 Å². The summed E-state index contributed by atoms with van der Waals surface area (Å²) in [4.78, 5) is 18.2. The van der Waals surface area contributed by atoms with Crippen LogP contribution in [-0.2, 0) is 29.1 Å². The Morgan fingerprint density at radius 3 is 1.50 bits per heavy atom. The van der Waals surface area contributed by atoms with Gasteiger partial charge < -0.3 is 20.4 Å². The van der Waals surface area contributed by atoms with Gasteiger partial charge in [0.1, 0.15) is 6.07 Å². The molecule has 0 fully saturated rings. The van der Waals surface area contributed by atoms with E-state index >= 15 is 0 Å². The third kappa shape index (κ3) is 1220. The largest absolute Gasteiger partial charge is 4.00 e. The fourth-order valence-corrected chi connectivity index (χ4v) is 0.0354. The van der Waals surface area contributed by atoms with Gasteiger partial charge >= 0.3 is 19.5 Å². The van der Waals surface area contributed by atoms with E-state index in [-0.39, 0.29) is 26.0 Å². The predicted octanol–water partition coefficient (Wildman–Crippen LogP) is 1.50. The van der Waals surface area contributed by atoms with Crippen LogP contribution >= 0.6 is 0 Å². The van der Waals surface area contributed by atoms with E-state index in [4.69, 9.17) is 21.4 Å². The van der Waals surface area contributed by atoms with Gasteiger partial charge in [0, 0.05) is 0 Å². The van der Waals surface area contributed by atoms with E-state index in [1.807, 2.05) is 0 Å². The van der Waals surface area contributed by atoms with Crippen molar-refractivity contribution in [3.8, 4) is 6.07 Å². The molecular weight excluding hydrogens is 269 g/mol. The molecule has 5 heteroatoms. The van der Waals surface area contributed by atoms with Crippen molar-refractivity contribution in [3.05, 3.63) is 17.3 Å². The van der Waals surface area contributed by atoms with Crippen LogP contribution in [0.5, 0.6) is 0 Å². The van der Waals surface area contributed by atoms with Crippen molar-refractivity contribution >= 4 is 13.6 Å². The quantitative estimate of drug-likeness (QED) is 0.293. The van der Waals surface area contributed by atoms with Crippen molar-refractivity contribution in [2.45, 2.75) is 20.8 Å². The van der Waals surface area contributed by atoms with Crippen LogP contribution in [0, 0.1) is 23.8 Å². The second-order valence-corrected chi connectivity index (χ2v) is 1.97. The molecule has 0 spiro atoms. The summed E-state index contributed by atoms with van der Waals surface area (Å²) >= 11 is 0. The van der Waals surface area contributed by atoms with Gasteiger partial charge in [-0.25, -0.2) is 6.57 Å². The fraction of sp³-hybridized carbons (Fsp3) is 0.444. The van der Waals surface area contributed by atoms with Gasteiger partial charge in [-0.1, -0.05) is 0 Å². The molecular formula is C9H13N2O2Ru+. The predicted molar refractivity (Wildman–Crippen MR) is 50.8 cm³/mol. The molecule has 0 N–H and O–H groups in total. The molecule has 14 heavy (non-hydrogen) atoms. The van der Waals surface area contributed by atoms with Crippen LogP contribution in [0.4, 0.5) is 0 Å². The second-order valence-electron chi connectivity index (χ2n) is 1.97. The van der Waals surface area contributed by atoms with Gasteiger partial charge in [-0.2, -0.15) is 26.0 Å². The van der Waals surface area contributed by atoms with Crippen molar-refractivity contribution in [2.24, 2.45) is 0 Å². The summed E-state index contributed by atoms with van der Waals surface area (Å²) in [6.07, 6.45) is 0. The average molecular weight is 282 g/mol. The van der Waals surface area contributed by atoms with E-state index < -0.39 is 0 Å². The van der Waals surface area contributed by atoms with Crippen molar-refractivity contribution in [2.75, 3.05) is 6.54 Å². The molecule has 0 radical (unpaired) electrons. The van der Waals surface area contributed by atoms with Crippen LogP contribution in [0.2, 0.25) is 0 Å². The molecule has 0 rings (SSSR count). The molecule has 0 bridgehead atoms. The molecule has 0 amide bonds. The van der Waals surface area contributed by atoms with Gasteiger partial charge in [-0.3, -0.25) is 13.6 Å². The van der Waals surface area contributed by atoms with E-state index in [2.05, 4.69) is 39.2 Å². The Bertz CT molecular complexity index is 133. The zero-order valence-corrected chi connectivity index (χ0v) is 10.2. The van der Waals surface area contributed by atoms with Gasteiger partial charge in [-0.15, -0.1) is 0 Å². The zero-order valence-electron chi connectivity index (χ0n) is 8.43. The van der Waals surface area contributed by atoms with Crippen molar-refractivity contribution in [1.29, 1.82) is 5.26 Å². The molecule has 78 valence electrons. The Hall–Kier alpha value is -1.06. The molecule has 0 aromatic heterocycles. The minimum absolute atomic E-state index is 0. The summed E-state index contributed by atoms with van der Waals surface area (Å²) in [5.74, 6) is 1.42. The maximum atomic E-state index is 7.75. The number of hydrogen-bond acceptors (Lipinski definition) is 3. The zero-order chi connectivity index (χ0) is 11.7. The average Bonchev–Trinajstić information content (AvgIpc) is 2.12. The van der Waals surface area contributed by atoms with Crippen LogP contribution in [0.15, 0.2) is 0 Å². The number of rotatable bonds is 0. The standard InChI is InChI=1S/C4H9.C3H2N2.2CHO.Ru/c1-4(2)3;1-5-3-2-4;2*1-2;/h1-3H3;3H2;2*1H;/q-1;;2*-1;+4. The first-order valence-corrected chi connectivity index (χ1v) is 3.09. The van der Waals surface area contributed by atoms with Crippen molar-refractivity contribution in [3.63, 3.8) is 0 Å². The SMILES string of the molecule is C[C-](C)C.[C-]#[N+]CC#N.[CH-]=O.[CH-]=O.[Ru+4].